The molecule has 0 fully saturated rings. The van der Waals surface area contributed by atoms with Gasteiger partial charge in [-0.25, -0.2) is 4.98 Å². The molecule has 4 aromatic rings. The van der Waals surface area contributed by atoms with Crippen LogP contribution >= 0.6 is 11.3 Å². The summed E-state index contributed by atoms with van der Waals surface area (Å²) in [6.45, 7) is 6.42. The fourth-order valence-corrected chi connectivity index (χ4v) is 5.34. The van der Waals surface area contributed by atoms with Crippen LogP contribution in [0.5, 0.6) is 5.75 Å². The van der Waals surface area contributed by atoms with Crippen LogP contribution in [0.15, 0.2) is 70.3 Å². The number of hydrogen-bond donors (Lipinski definition) is 1. The lowest BCUT2D eigenvalue weighted by molar-refractivity contribution is -0.117. The van der Waals surface area contributed by atoms with E-state index in [2.05, 4.69) is 18.0 Å². The zero-order valence-corrected chi connectivity index (χ0v) is 21.1. The number of ketones is 1. The van der Waals surface area contributed by atoms with E-state index in [1.165, 1.54) is 16.2 Å². The average molecular weight is 503 g/mol. The Kier molecular flexibility index (Phi) is 6.36. The highest BCUT2D eigenvalue weighted by molar-refractivity contribution is 7.22. The topological polar surface area (TPSA) is 92.9 Å². The van der Waals surface area contributed by atoms with Crippen molar-refractivity contribution >= 4 is 38.4 Å². The number of Topliss-reactive ketones (excluding diaryl/α,β-unsaturated/α-hetero) is 1. The van der Waals surface area contributed by atoms with Gasteiger partial charge in [-0.2, -0.15) is 0 Å². The third-order valence-corrected chi connectivity index (χ3v) is 7.16. The Morgan fingerprint density at radius 1 is 1.14 bits per heavy atom. The number of aliphatic hydroxyl groups is 1. The van der Waals surface area contributed by atoms with Crippen molar-refractivity contribution in [2.24, 2.45) is 0 Å². The highest BCUT2D eigenvalue weighted by Crippen LogP contribution is 2.44. The van der Waals surface area contributed by atoms with Crippen molar-refractivity contribution in [2.75, 3.05) is 11.5 Å². The molecule has 0 saturated heterocycles. The van der Waals surface area contributed by atoms with Crippen LogP contribution in [-0.2, 0) is 11.2 Å². The number of benzene rings is 2. The molecule has 7 nitrogen and oxygen atoms in total. The molecule has 1 aliphatic rings. The number of anilines is 1. The van der Waals surface area contributed by atoms with Gasteiger partial charge in [0, 0.05) is 0 Å². The Labute approximate surface area is 212 Å². The van der Waals surface area contributed by atoms with Crippen LogP contribution in [-0.4, -0.2) is 28.4 Å². The largest absolute Gasteiger partial charge is 0.503 e. The molecule has 5 rings (SSSR count). The minimum atomic E-state index is -0.873. The lowest BCUT2D eigenvalue weighted by Gasteiger charge is -2.24. The number of rotatable bonds is 8. The summed E-state index contributed by atoms with van der Waals surface area (Å²) >= 11 is 1.35. The zero-order chi connectivity index (χ0) is 25.4. The molecule has 0 saturated carbocycles. The first-order valence-corrected chi connectivity index (χ1v) is 12.7. The van der Waals surface area contributed by atoms with Crippen molar-refractivity contribution in [1.82, 2.24) is 4.98 Å². The second-order valence-electron chi connectivity index (χ2n) is 8.65. The maximum absolute atomic E-state index is 13.5. The van der Waals surface area contributed by atoms with E-state index in [0.717, 1.165) is 28.6 Å². The van der Waals surface area contributed by atoms with Gasteiger partial charge in [-0.05, 0) is 67.3 Å². The van der Waals surface area contributed by atoms with Gasteiger partial charge in [0.25, 0.3) is 5.91 Å². The van der Waals surface area contributed by atoms with Crippen molar-refractivity contribution < 1.29 is 23.8 Å². The van der Waals surface area contributed by atoms with Gasteiger partial charge in [0.05, 0.1) is 28.4 Å². The minimum Gasteiger partial charge on any atom is -0.503 e. The van der Waals surface area contributed by atoms with Crippen LogP contribution in [0.25, 0.3) is 10.2 Å². The van der Waals surface area contributed by atoms with Crippen LogP contribution in [0.4, 0.5) is 5.13 Å². The molecule has 0 aliphatic carbocycles. The quantitative estimate of drug-likeness (QED) is 0.283. The molecule has 1 N–H and O–H groups in total. The molecule has 2 aromatic carbocycles. The van der Waals surface area contributed by atoms with Crippen LogP contribution in [0, 0.1) is 6.92 Å². The van der Waals surface area contributed by atoms with E-state index in [9.17, 15) is 14.7 Å². The molecule has 2 aromatic heterocycles. The molecule has 8 heteroatoms. The highest BCUT2D eigenvalue weighted by atomic mass is 32.1. The lowest BCUT2D eigenvalue weighted by atomic mass is 9.95. The van der Waals surface area contributed by atoms with Gasteiger partial charge in [0.1, 0.15) is 11.5 Å². The Bertz CT molecular complexity index is 1480. The Morgan fingerprint density at radius 2 is 1.92 bits per heavy atom. The first-order chi connectivity index (χ1) is 17.4. The number of fused-ring (bicyclic) bond motifs is 1. The Morgan fingerprint density at radius 3 is 2.58 bits per heavy atom. The number of carbonyl (C=O) groups excluding carboxylic acids is 2. The lowest BCUT2D eigenvalue weighted by Crippen LogP contribution is -2.30. The Hall–Kier alpha value is -3.91. The summed E-state index contributed by atoms with van der Waals surface area (Å²) in [6.07, 6.45) is 1.76. The molecule has 1 amide bonds. The molecule has 0 spiro atoms. The van der Waals surface area contributed by atoms with Gasteiger partial charge in [0.2, 0.25) is 5.78 Å². The van der Waals surface area contributed by atoms with Gasteiger partial charge in [-0.15, -0.1) is 0 Å². The van der Waals surface area contributed by atoms with E-state index < -0.39 is 23.5 Å². The smallest absolute Gasteiger partial charge is 0.296 e. The average Bonchev–Trinajstić information content (AvgIpc) is 3.58. The first-order valence-electron chi connectivity index (χ1n) is 11.9. The third kappa shape index (κ3) is 4.18. The molecule has 0 bridgehead atoms. The monoisotopic (exact) mass is 502 g/mol. The molecule has 1 aliphatic heterocycles. The molecular weight excluding hydrogens is 476 g/mol. The van der Waals surface area contributed by atoms with Crippen molar-refractivity contribution in [3.05, 3.63) is 88.6 Å². The van der Waals surface area contributed by atoms with Gasteiger partial charge < -0.3 is 14.3 Å². The summed E-state index contributed by atoms with van der Waals surface area (Å²) in [6, 6.07) is 15.5. The van der Waals surface area contributed by atoms with E-state index in [4.69, 9.17) is 9.15 Å². The summed E-state index contributed by atoms with van der Waals surface area (Å²) in [4.78, 5) is 33.0. The van der Waals surface area contributed by atoms with Crippen molar-refractivity contribution in [3.63, 3.8) is 0 Å². The number of aliphatic hydroxyl groups excluding tert-OH is 1. The summed E-state index contributed by atoms with van der Waals surface area (Å²) in [5.41, 5.74) is 2.53. The normalized spacial score (nSPS) is 15.8. The van der Waals surface area contributed by atoms with Gasteiger partial charge in [-0.1, -0.05) is 43.4 Å². The standard InChI is InChI=1S/C28H26N2O5S/c1-4-14-34-19-10-8-18(9-11-19)24-23(25(31)21-13-6-16(3)35-21)26(32)27(33)30(24)28-29-20-12-7-17(5-2)15-22(20)36-28/h6-13,15,24,32H,4-5,14H2,1-3H3. The molecule has 3 heterocycles. The Balaban J connectivity index is 1.62. The maximum Gasteiger partial charge on any atom is 0.296 e. The fraction of sp³-hybridized carbons (Fsp3) is 0.250. The summed E-state index contributed by atoms with van der Waals surface area (Å²) in [5.74, 6) is -0.500. The molecule has 1 unspecified atom stereocenters. The first kappa shape index (κ1) is 23.8. The molecule has 0 radical (unpaired) electrons. The van der Waals surface area contributed by atoms with Gasteiger partial charge in [-0.3, -0.25) is 14.5 Å². The number of hydrogen-bond acceptors (Lipinski definition) is 7. The van der Waals surface area contributed by atoms with Crippen LogP contribution in [0.2, 0.25) is 0 Å². The van der Waals surface area contributed by atoms with Crippen LogP contribution in [0.1, 0.15) is 53.8 Å². The second-order valence-corrected chi connectivity index (χ2v) is 9.66. The third-order valence-electron chi connectivity index (χ3n) is 6.14. The molecule has 1 atom stereocenters. The van der Waals surface area contributed by atoms with E-state index in [1.807, 2.05) is 19.1 Å². The van der Waals surface area contributed by atoms with E-state index in [0.29, 0.717) is 28.8 Å². The number of thiazole rings is 1. The van der Waals surface area contributed by atoms with Crippen molar-refractivity contribution in [3.8, 4) is 5.75 Å². The maximum atomic E-state index is 13.5. The summed E-state index contributed by atoms with van der Waals surface area (Å²) in [7, 11) is 0. The predicted molar refractivity (Wildman–Crippen MR) is 139 cm³/mol. The van der Waals surface area contributed by atoms with E-state index >= 15 is 0 Å². The predicted octanol–water partition coefficient (Wildman–Crippen LogP) is 6.33. The minimum absolute atomic E-state index is 0.0370. The van der Waals surface area contributed by atoms with Gasteiger partial charge >= 0.3 is 0 Å². The van der Waals surface area contributed by atoms with E-state index in [1.54, 1.807) is 43.3 Å². The van der Waals surface area contributed by atoms with Gasteiger partial charge in [0.15, 0.2) is 16.7 Å². The number of ether oxygens (including phenoxy) is 1. The fourth-order valence-electron chi connectivity index (χ4n) is 4.29. The van der Waals surface area contributed by atoms with Crippen LogP contribution < -0.4 is 9.64 Å². The molecule has 184 valence electrons. The molecular formula is C28H26N2O5S. The van der Waals surface area contributed by atoms with Crippen molar-refractivity contribution in [2.45, 2.75) is 39.7 Å². The second kappa shape index (κ2) is 9.62. The van der Waals surface area contributed by atoms with Crippen LogP contribution in [0.3, 0.4) is 0 Å². The summed E-state index contributed by atoms with van der Waals surface area (Å²) < 4.78 is 12.2. The number of carbonyl (C=O) groups is 2. The van der Waals surface area contributed by atoms with E-state index in [-0.39, 0.29) is 11.3 Å². The number of furan rings is 1. The number of aryl methyl sites for hydroxylation is 2. The number of amides is 1. The zero-order valence-electron chi connectivity index (χ0n) is 20.3. The SMILES string of the molecule is CCCOc1ccc(C2C(C(=O)c3ccc(C)o3)=C(O)C(=O)N2c2nc3ccc(CC)cc3s2)cc1. The number of aromatic nitrogens is 1. The number of nitrogens with zero attached hydrogens (tertiary/aromatic N) is 2. The van der Waals surface area contributed by atoms with Crippen molar-refractivity contribution in [1.29, 1.82) is 0 Å². The molecule has 36 heavy (non-hydrogen) atoms. The summed E-state index contributed by atoms with van der Waals surface area (Å²) in [5, 5.41) is 11.4. The highest BCUT2D eigenvalue weighted by Gasteiger charge is 2.46.